The summed E-state index contributed by atoms with van der Waals surface area (Å²) in [6.45, 7) is 7.17. The summed E-state index contributed by atoms with van der Waals surface area (Å²) in [7, 11) is 0. The van der Waals surface area contributed by atoms with E-state index in [4.69, 9.17) is 0 Å². The molecule has 0 fully saturated rings. The van der Waals surface area contributed by atoms with Gasteiger partial charge in [0, 0.05) is 11.8 Å². The Morgan fingerprint density at radius 3 is 2.69 bits per heavy atom. The molecule has 0 heterocycles. The van der Waals surface area contributed by atoms with Crippen LogP contribution in [0.15, 0.2) is 18.2 Å². The fraction of sp³-hybridized carbons (Fsp3) is 0.538. The molecule has 0 radical (unpaired) electrons. The molecule has 1 nitrogen and oxygen atoms in total. The van der Waals surface area contributed by atoms with Gasteiger partial charge in [0.1, 0.15) is 5.82 Å². The minimum absolute atomic E-state index is 0.153. The zero-order chi connectivity index (χ0) is 12.0. The van der Waals surface area contributed by atoms with Gasteiger partial charge in [0.05, 0.1) is 0 Å². The maximum atomic E-state index is 13.0. The van der Waals surface area contributed by atoms with Gasteiger partial charge < -0.3 is 5.32 Å². The highest BCUT2D eigenvalue weighted by Crippen LogP contribution is 2.22. The van der Waals surface area contributed by atoms with Gasteiger partial charge in [0.15, 0.2) is 0 Å². The Morgan fingerprint density at radius 1 is 1.38 bits per heavy atom. The molecule has 16 heavy (non-hydrogen) atoms. The van der Waals surface area contributed by atoms with Crippen LogP contribution in [0.4, 0.5) is 4.39 Å². The normalized spacial score (nSPS) is 12.8. The van der Waals surface area contributed by atoms with Gasteiger partial charge in [0.25, 0.3) is 0 Å². The van der Waals surface area contributed by atoms with Crippen molar-refractivity contribution >= 4 is 11.8 Å². The first kappa shape index (κ1) is 13.5. The topological polar surface area (TPSA) is 12.0 Å². The predicted molar refractivity (Wildman–Crippen MR) is 70.6 cm³/mol. The third-order valence-electron chi connectivity index (χ3n) is 2.55. The molecule has 0 aliphatic rings. The number of hydrogen-bond acceptors (Lipinski definition) is 2. The molecule has 0 spiro atoms. The summed E-state index contributed by atoms with van der Waals surface area (Å²) < 4.78 is 13.0. The Kier molecular flexibility index (Phi) is 5.85. The molecule has 0 saturated heterocycles. The third kappa shape index (κ3) is 3.80. The Morgan fingerprint density at radius 2 is 2.12 bits per heavy atom. The highest BCUT2D eigenvalue weighted by molar-refractivity contribution is 7.99. The standard InChI is InChI=1S/C13H20FNS/c1-4-15-13(9-16-5-2)12-7-6-11(14)8-10(12)3/h6-8,13,15H,4-5,9H2,1-3H3. The molecule has 3 heteroatoms. The van der Waals surface area contributed by atoms with E-state index in [2.05, 4.69) is 19.2 Å². The zero-order valence-corrected chi connectivity index (χ0v) is 11.0. The van der Waals surface area contributed by atoms with Crippen molar-refractivity contribution in [2.24, 2.45) is 0 Å². The van der Waals surface area contributed by atoms with Crippen LogP contribution in [0.1, 0.15) is 31.0 Å². The number of halogens is 1. The summed E-state index contributed by atoms with van der Waals surface area (Å²) in [5, 5.41) is 3.45. The largest absolute Gasteiger partial charge is 0.310 e. The molecule has 1 rings (SSSR count). The second-order valence-electron chi connectivity index (χ2n) is 3.77. The van der Waals surface area contributed by atoms with Gasteiger partial charge in [-0.3, -0.25) is 0 Å². The summed E-state index contributed by atoms with van der Waals surface area (Å²) in [5.41, 5.74) is 2.24. The second-order valence-corrected chi connectivity index (χ2v) is 5.09. The van der Waals surface area contributed by atoms with E-state index in [1.165, 1.54) is 5.56 Å². The van der Waals surface area contributed by atoms with Gasteiger partial charge in [-0.1, -0.05) is 19.9 Å². The zero-order valence-electron chi connectivity index (χ0n) is 10.2. The smallest absolute Gasteiger partial charge is 0.123 e. The number of benzene rings is 1. The van der Waals surface area contributed by atoms with E-state index in [9.17, 15) is 4.39 Å². The van der Waals surface area contributed by atoms with Crippen LogP contribution in [0.25, 0.3) is 0 Å². The van der Waals surface area contributed by atoms with Crippen molar-refractivity contribution in [1.82, 2.24) is 5.32 Å². The van der Waals surface area contributed by atoms with Gasteiger partial charge in [-0.2, -0.15) is 11.8 Å². The van der Waals surface area contributed by atoms with Crippen LogP contribution in [-0.4, -0.2) is 18.1 Å². The summed E-state index contributed by atoms with van der Waals surface area (Å²) in [5.74, 6) is 2.00. The molecule has 1 atom stereocenters. The summed E-state index contributed by atoms with van der Waals surface area (Å²) in [6, 6.07) is 5.38. The Labute approximate surface area is 102 Å². The monoisotopic (exact) mass is 241 g/mol. The molecule has 90 valence electrons. The number of hydrogen-bond donors (Lipinski definition) is 1. The van der Waals surface area contributed by atoms with Crippen LogP contribution in [-0.2, 0) is 0 Å². The molecule has 0 saturated carbocycles. The first-order valence-corrected chi connectivity index (χ1v) is 6.91. The molecule has 1 unspecified atom stereocenters. The van der Waals surface area contributed by atoms with Crippen LogP contribution in [0.5, 0.6) is 0 Å². The van der Waals surface area contributed by atoms with E-state index in [-0.39, 0.29) is 5.82 Å². The molecular formula is C13H20FNS. The van der Waals surface area contributed by atoms with Crippen LogP contribution in [0.3, 0.4) is 0 Å². The Hall–Kier alpha value is -0.540. The summed E-state index contributed by atoms with van der Waals surface area (Å²) in [6.07, 6.45) is 0. The first-order valence-electron chi connectivity index (χ1n) is 5.76. The Bertz CT molecular complexity index is 328. The minimum atomic E-state index is -0.153. The van der Waals surface area contributed by atoms with E-state index in [1.807, 2.05) is 24.8 Å². The van der Waals surface area contributed by atoms with Crippen LogP contribution in [0, 0.1) is 12.7 Å². The van der Waals surface area contributed by atoms with Crippen molar-refractivity contribution in [3.05, 3.63) is 35.1 Å². The second kappa shape index (κ2) is 6.92. The van der Waals surface area contributed by atoms with Crippen LogP contribution >= 0.6 is 11.8 Å². The number of nitrogens with one attached hydrogen (secondary N) is 1. The van der Waals surface area contributed by atoms with Gasteiger partial charge in [0.2, 0.25) is 0 Å². The van der Waals surface area contributed by atoms with E-state index in [0.29, 0.717) is 6.04 Å². The number of aryl methyl sites for hydroxylation is 1. The fourth-order valence-electron chi connectivity index (χ4n) is 1.77. The molecule has 0 bridgehead atoms. The highest BCUT2D eigenvalue weighted by atomic mass is 32.2. The third-order valence-corrected chi connectivity index (χ3v) is 3.52. The van der Waals surface area contributed by atoms with Crippen molar-refractivity contribution in [3.63, 3.8) is 0 Å². The lowest BCUT2D eigenvalue weighted by atomic mass is 10.0. The van der Waals surface area contributed by atoms with Crippen molar-refractivity contribution in [2.75, 3.05) is 18.1 Å². The minimum Gasteiger partial charge on any atom is -0.310 e. The molecule has 1 aromatic rings. The predicted octanol–water partition coefficient (Wildman–Crippen LogP) is 3.54. The van der Waals surface area contributed by atoms with E-state index < -0.39 is 0 Å². The average Bonchev–Trinajstić information content (AvgIpc) is 2.25. The van der Waals surface area contributed by atoms with E-state index in [0.717, 1.165) is 23.6 Å². The van der Waals surface area contributed by atoms with Crippen LogP contribution < -0.4 is 5.32 Å². The van der Waals surface area contributed by atoms with Gasteiger partial charge >= 0.3 is 0 Å². The van der Waals surface area contributed by atoms with Crippen molar-refractivity contribution < 1.29 is 4.39 Å². The average molecular weight is 241 g/mol. The summed E-state index contributed by atoms with van der Waals surface area (Å²) >= 11 is 1.91. The lowest BCUT2D eigenvalue weighted by Crippen LogP contribution is -2.23. The van der Waals surface area contributed by atoms with Crippen molar-refractivity contribution in [1.29, 1.82) is 0 Å². The maximum absolute atomic E-state index is 13.0. The van der Waals surface area contributed by atoms with Gasteiger partial charge in [-0.05, 0) is 42.5 Å². The number of rotatable bonds is 6. The molecular weight excluding hydrogens is 221 g/mol. The molecule has 0 amide bonds. The quantitative estimate of drug-likeness (QED) is 0.817. The molecule has 0 aliphatic heterocycles. The fourth-order valence-corrected chi connectivity index (χ4v) is 2.54. The molecule has 0 aliphatic carbocycles. The lowest BCUT2D eigenvalue weighted by molar-refractivity contribution is 0.594. The summed E-state index contributed by atoms with van der Waals surface area (Å²) in [4.78, 5) is 0. The maximum Gasteiger partial charge on any atom is 0.123 e. The van der Waals surface area contributed by atoms with Crippen LogP contribution in [0.2, 0.25) is 0 Å². The van der Waals surface area contributed by atoms with Gasteiger partial charge in [-0.15, -0.1) is 0 Å². The number of thioether (sulfide) groups is 1. The first-order chi connectivity index (χ1) is 7.69. The van der Waals surface area contributed by atoms with Crippen molar-refractivity contribution in [3.8, 4) is 0 Å². The molecule has 0 aromatic heterocycles. The van der Waals surface area contributed by atoms with Crippen molar-refractivity contribution in [2.45, 2.75) is 26.8 Å². The Balaban J connectivity index is 2.82. The SMILES string of the molecule is CCNC(CSCC)c1ccc(F)cc1C. The lowest BCUT2D eigenvalue weighted by Gasteiger charge is -2.19. The highest BCUT2D eigenvalue weighted by Gasteiger charge is 2.12. The van der Waals surface area contributed by atoms with E-state index in [1.54, 1.807) is 12.1 Å². The van der Waals surface area contributed by atoms with Gasteiger partial charge in [-0.25, -0.2) is 4.39 Å². The van der Waals surface area contributed by atoms with E-state index >= 15 is 0 Å². The molecule has 1 N–H and O–H groups in total. The molecule has 1 aromatic carbocycles.